The minimum Gasteiger partial charge on any atom is -0.507 e. The molecule has 0 aliphatic carbocycles. The highest BCUT2D eigenvalue weighted by Gasteiger charge is 2.36. The number of morpholine rings is 1. The summed E-state index contributed by atoms with van der Waals surface area (Å²) in [5.74, 6) is -2.63. The van der Waals surface area contributed by atoms with Gasteiger partial charge in [-0.3, -0.25) is 19.3 Å². The Morgan fingerprint density at radius 1 is 1.22 bits per heavy atom. The number of carboxylic acids is 1. The van der Waals surface area contributed by atoms with Gasteiger partial charge in [-0.15, -0.1) is 0 Å². The number of nitrogens with zero attached hydrogens (tertiary/aromatic N) is 1. The van der Waals surface area contributed by atoms with Crippen molar-refractivity contribution in [3.05, 3.63) is 58.0 Å². The van der Waals surface area contributed by atoms with Crippen molar-refractivity contribution < 1.29 is 42.5 Å². The van der Waals surface area contributed by atoms with Crippen molar-refractivity contribution in [3.8, 4) is 16.9 Å². The Hall–Kier alpha value is -3.42. The molecule has 2 saturated heterocycles. The van der Waals surface area contributed by atoms with Crippen molar-refractivity contribution in [2.24, 2.45) is 0 Å². The topological polar surface area (TPSA) is 116 Å². The highest BCUT2D eigenvalue weighted by Crippen LogP contribution is 2.42. The van der Waals surface area contributed by atoms with E-state index >= 15 is 0 Å². The molecule has 0 radical (unpaired) electrons. The molecule has 2 aliphatic rings. The van der Waals surface area contributed by atoms with Crippen LogP contribution in [0.5, 0.6) is 5.75 Å². The molecule has 2 aromatic rings. The summed E-state index contributed by atoms with van der Waals surface area (Å²) in [6.45, 7) is -0.452. The van der Waals surface area contributed by atoms with Crippen molar-refractivity contribution in [2.45, 2.75) is 18.6 Å². The van der Waals surface area contributed by atoms with E-state index in [2.05, 4.69) is 5.32 Å². The first-order chi connectivity index (χ1) is 17.4. The lowest BCUT2D eigenvalue weighted by atomic mass is 9.93. The Bertz CT molecular complexity index is 1330. The van der Waals surface area contributed by atoms with E-state index in [1.54, 1.807) is 6.07 Å². The third kappa shape index (κ3) is 6.12. The molecular weight excluding hydrogens is 533 g/mol. The van der Waals surface area contributed by atoms with E-state index < -0.39 is 30.2 Å². The summed E-state index contributed by atoms with van der Waals surface area (Å²) < 4.78 is 47.4. The van der Waals surface area contributed by atoms with E-state index in [-0.39, 0.29) is 63.2 Å². The molecule has 2 heterocycles. The molecular formula is C24H19F3N2O6S2. The number of carbonyl (C=O) groups excluding carboxylic acids is 2. The van der Waals surface area contributed by atoms with Gasteiger partial charge in [0.15, 0.2) is 0 Å². The van der Waals surface area contributed by atoms with Gasteiger partial charge in [-0.2, -0.15) is 13.2 Å². The van der Waals surface area contributed by atoms with Crippen molar-refractivity contribution in [1.29, 1.82) is 0 Å². The molecule has 2 aromatic carbocycles. The summed E-state index contributed by atoms with van der Waals surface area (Å²) in [6, 6.07) is 7.31. The summed E-state index contributed by atoms with van der Waals surface area (Å²) in [6.07, 6.45) is -3.30. The maximum absolute atomic E-state index is 14.1. The van der Waals surface area contributed by atoms with E-state index in [0.717, 1.165) is 22.7 Å². The largest absolute Gasteiger partial charge is 0.507 e. The van der Waals surface area contributed by atoms with E-state index in [9.17, 15) is 32.7 Å². The summed E-state index contributed by atoms with van der Waals surface area (Å²) in [7, 11) is 0. The van der Waals surface area contributed by atoms with Gasteiger partial charge >= 0.3 is 12.1 Å². The van der Waals surface area contributed by atoms with Gasteiger partial charge in [0.05, 0.1) is 23.1 Å². The van der Waals surface area contributed by atoms with Crippen LogP contribution < -0.4 is 5.32 Å². The fraction of sp³-hybridized carbons (Fsp3) is 0.250. The van der Waals surface area contributed by atoms with Gasteiger partial charge in [0.25, 0.3) is 5.91 Å². The molecule has 13 heteroatoms. The molecule has 3 N–H and O–H groups in total. The molecule has 194 valence electrons. The smallest absolute Gasteiger partial charge is 0.417 e. The first kappa shape index (κ1) is 26.6. The highest BCUT2D eigenvalue weighted by atomic mass is 32.2. The van der Waals surface area contributed by atoms with Gasteiger partial charge in [-0.05, 0) is 47.4 Å². The zero-order valence-electron chi connectivity index (χ0n) is 18.9. The zero-order chi connectivity index (χ0) is 26.9. The fourth-order valence-corrected chi connectivity index (χ4v) is 5.22. The number of ether oxygens (including phenoxy) is 1. The van der Waals surface area contributed by atoms with Crippen LogP contribution in [0.2, 0.25) is 0 Å². The number of hydrogen-bond acceptors (Lipinski definition) is 7. The van der Waals surface area contributed by atoms with Crippen LogP contribution in [0.4, 0.5) is 13.2 Å². The third-order valence-electron chi connectivity index (χ3n) is 5.56. The van der Waals surface area contributed by atoms with Crippen LogP contribution in [-0.2, 0) is 31.7 Å². The molecule has 0 bridgehead atoms. The van der Waals surface area contributed by atoms with Crippen LogP contribution in [-0.4, -0.2) is 63.0 Å². The lowest BCUT2D eigenvalue weighted by molar-refractivity contribution is -0.140. The normalized spacial score (nSPS) is 19.4. The minimum atomic E-state index is -4.80. The minimum absolute atomic E-state index is 0.00582. The van der Waals surface area contributed by atoms with Crippen LogP contribution >= 0.6 is 24.0 Å². The Morgan fingerprint density at radius 3 is 2.65 bits per heavy atom. The van der Waals surface area contributed by atoms with Crippen LogP contribution in [0, 0.1) is 0 Å². The second kappa shape index (κ2) is 10.5. The number of thiocarbonyl (C=S) groups is 1. The van der Waals surface area contributed by atoms with Crippen molar-refractivity contribution in [1.82, 2.24) is 10.2 Å². The first-order valence-electron chi connectivity index (χ1n) is 10.8. The lowest BCUT2D eigenvalue weighted by Crippen LogP contribution is -2.46. The number of carboxylic acid groups (broad SMARTS) is 1. The van der Waals surface area contributed by atoms with Crippen LogP contribution in [0.15, 0.2) is 41.3 Å². The monoisotopic (exact) mass is 552 g/mol. The van der Waals surface area contributed by atoms with Crippen molar-refractivity contribution in [3.63, 3.8) is 0 Å². The number of halogens is 3. The Balaban J connectivity index is 1.68. The van der Waals surface area contributed by atoms with Gasteiger partial charge in [-0.1, -0.05) is 42.2 Å². The average Bonchev–Trinajstić information content (AvgIpc) is 3.07. The Morgan fingerprint density at radius 2 is 1.97 bits per heavy atom. The number of aromatic hydroxyl groups is 1. The second-order valence-corrected chi connectivity index (χ2v) is 9.98. The standard InChI is InChI=1S/C24H19F3N2O6S2/c25-24(26,27)17-7-13(8-19-22(34)29(9-21(32)33)23(36)37-19)1-3-15(17)16-6-12(2-4-18(16)30)5-14-10-35-11-20(31)28-14/h1-4,6-8,14,30H,5,9-11H2,(H,28,31)(H,32,33)/b19-8-. The maximum atomic E-state index is 14.1. The molecule has 2 aliphatic heterocycles. The number of phenols is 1. The van der Waals surface area contributed by atoms with Crippen molar-refractivity contribution in [2.75, 3.05) is 19.8 Å². The molecule has 1 unspecified atom stereocenters. The zero-order valence-corrected chi connectivity index (χ0v) is 20.5. The van der Waals surface area contributed by atoms with Gasteiger partial charge in [-0.25, -0.2) is 0 Å². The van der Waals surface area contributed by atoms with E-state index in [1.165, 1.54) is 30.3 Å². The van der Waals surface area contributed by atoms with Gasteiger partial charge in [0.1, 0.15) is 23.2 Å². The number of thioether (sulfide) groups is 1. The average molecular weight is 553 g/mol. The quantitative estimate of drug-likeness (QED) is 0.369. The molecule has 0 saturated carbocycles. The molecule has 4 rings (SSSR count). The van der Waals surface area contributed by atoms with Crippen molar-refractivity contribution >= 4 is 52.2 Å². The molecule has 0 spiro atoms. The number of alkyl halides is 3. The highest BCUT2D eigenvalue weighted by molar-refractivity contribution is 8.26. The van der Waals surface area contributed by atoms with Crippen LogP contribution in [0.1, 0.15) is 16.7 Å². The summed E-state index contributed by atoms with van der Waals surface area (Å²) >= 11 is 5.81. The molecule has 2 amide bonds. The molecule has 37 heavy (non-hydrogen) atoms. The lowest BCUT2D eigenvalue weighted by Gasteiger charge is -2.24. The Labute approximate surface area is 218 Å². The molecule has 8 nitrogen and oxygen atoms in total. The number of phenolic OH excluding ortho intramolecular Hbond substituents is 1. The van der Waals surface area contributed by atoms with E-state index in [4.69, 9.17) is 22.1 Å². The van der Waals surface area contributed by atoms with Crippen LogP contribution in [0.25, 0.3) is 17.2 Å². The van der Waals surface area contributed by atoms with Gasteiger partial charge in [0, 0.05) is 5.56 Å². The summed E-state index contributed by atoms with van der Waals surface area (Å²) in [4.78, 5) is 35.9. The maximum Gasteiger partial charge on any atom is 0.417 e. The molecule has 1 atom stereocenters. The number of aliphatic carboxylic acids is 1. The van der Waals surface area contributed by atoms with Gasteiger partial charge in [0.2, 0.25) is 5.91 Å². The summed E-state index contributed by atoms with van der Waals surface area (Å²) in [5.41, 5.74) is -0.727. The molecule has 2 fully saturated rings. The van der Waals surface area contributed by atoms with Gasteiger partial charge < -0.3 is 20.3 Å². The molecule has 0 aromatic heterocycles. The second-order valence-electron chi connectivity index (χ2n) is 8.30. The number of benzene rings is 2. The SMILES string of the molecule is O=C(O)CN1C(=O)/C(=C/c2ccc(-c3cc(CC4COCC(=O)N4)ccc3O)c(C(F)(F)F)c2)SC1=S. The van der Waals surface area contributed by atoms with E-state index in [1.807, 2.05) is 0 Å². The summed E-state index contributed by atoms with van der Waals surface area (Å²) in [5, 5.41) is 22.1. The fourth-order valence-electron chi connectivity index (χ4n) is 3.97. The third-order valence-corrected chi connectivity index (χ3v) is 6.94. The number of amides is 2. The number of nitrogens with one attached hydrogen (secondary N) is 1. The number of carbonyl (C=O) groups is 3. The number of hydrogen-bond donors (Lipinski definition) is 3. The van der Waals surface area contributed by atoms with E-state index in [0.29, 0.717) is 5.56 Å². The Kier molecular flexibility index (Phi) is 7.57. The number of rotatable bonds is 6. The predicted octanol–water partition coefficient (Wildman–Crippen LogP) is 3.42. The first-order valence-corrected chi connectivity index (χ1v) is 12.0. The van der Waals surface area contributed by atoms with Crippen LogP contribution in [0.3, 0.4) is 0 Å². The predicted molar refractivity (Wildman–Crippen MR) is 133 cm³/mol.